The number of nitrogens with zero attached hydrogens (tertiary/aromatic N) is 2. The van der Waals surface area contributed by atoms with E-state index in [0.717, 1.165) is 29.7 Å². The van der Waals surface area contributed by atoms with Crippen molar-refractivity contribution in [1.82, 2.24) is 4.57 Å². The molecule has 3 heteroatoms. The molecule has 0 amide bonds. The van der Waals surface area contributed by atoms with Crippen LogP contribution < -0.4 is 10.5 Å². The Morgan fingerprint density at radius 1 is 1.18 bits per heavy atom. The number of pyridine rings is 1. The first-order valence-electron chi connectivity index (χ1n) is 6.02. The van der Waals surface area contributed by atoms with Crippen molar-refractivity contribution >= 4 is 16.6 Å². The predicted molar refractivity (Wildman–Crippen MR) is 72.8 cm³/mol. The zero-order chi connectivity index (χ0) is 12.4. The molecule has 0 spiro atoms. The maximum Gasteiger partial charge on any atom is 0.252 e. The van der Waals surface area contributed by atoms with Gasteiger partial charge in [-0.15, -0.1) is 0 Å². The van der Waals surface area contributed by atoms with Crippen LogP contribution >= 0.6 is 0 Å². The van der Waals surface area contributed by atoms with Gasteiger partial charge in [-0.3, -0.25) is 4.79 Å². The lowest BCUT2D eigenvalue weighted by atomic mass is 10.1. The first-order chi connectivity index (χ1) is 8.19. The number of hydrogen-bond acceptors (Lipinski definition) is 2. The third kappa shape index (κ3) is 1.93. The summed E-state index contributed by atoms with van der Waals surface area (Å²) in [6.07, 6.45) is 0. The molecular weight excluding hydrogens is 212 g/mol. The van der Waals surface area contributed by atoms with Gasteiger partial charge in [-0.1, -0.05) is 18.2 Å². The van der Waals surface area contributed by atoms with Crippen molar-refractivity contribution in [3.05, 3.63) is 40.7 Å². The molecule has 0 aliphatic rings. The Morgan fingerprint density at radius 2 is 1.82 bits per heavy atom. The summed E-state index contributed by atoms with van der Waals surface area (Å²) >= 11 is 0. The van der Waals surface area contributed by atoms with E-state index in [1.54, 1.807) is 10.6 Å². The summed E-state index contributed by atoms with van der Waals surface area (Å²) in [4.78, 5) is 14.1. The van der Waals surface area contributed by atoms with E-state index in [1.165, 1.54) is 0 Å². The van der Waals surface area contributed by atoms with Gasteiger partial charge in [0.1, 0.15) is 0 Å². The fourth-order valence-corrected chi connectivity index (χ4v) is 2.22. The highest BCUT2D eigenvalue weighted by molar-refractivity contribution is 5.91. The van der Waals surface area contributed by atoms with Gasteiger partial charge in [0.05, 0.1) is 11.2 Å². The molecule has 3 nitrogen and oxygen atoms in total. The molecule has 0 aliphatic carbocycles. The third-order valence-corrected chi connectivity index (χ3v) is 3.24. The Morgan fingerprint density at radius 3 is 2.47 bits per heavy atom. The Kier molecular flexibility index (Phi) is 3.18. The molecule has 0 saturated carbocycles. The SMILES string of the molecule is CCN(CC)c1cc(=O)n(C)c2ccccc12. The van der Waals surface area contributed by atoms with Crippen LogP contribution in [0.5, 0.6) is 0 Å². The lowest BCUT2D eigenvalue weighted by molar-refractivity contribution is 0.855. The van der Waals surface area contributed by atoms with E-state index in [9.17, 15) is 4.79 Å². The summed E-state index contributed by atoms with van der Waals surface area (Å²) < 4.78 is 1.70. The van der Waals surface area contributed by atoms with Gasteiger partial charge in [-0.05, 0) is 19.9 Å². The van der Waals surface area contributed by atoms with Gasteiger partial charge in [0.25, 0.3) is 5.56 Å². The Balaban J connectivity index is 2.80. The number of benzene rings is 1. The Hall–Kier alpha value is -1.77. The van der Waals surface area contributed by atoms with Crippen LogP contribution in [0.2, 0.25) is 0 Å². The molecule has 0 N–H and O–H groups in total. The van der Waals surface area contributed by atoms with Gasteiger partial charge in [0.15, 0.2) is 0 Å². The number of aryl methyl sites for hydroxylation is 1. The minimum Gasteiger partial charge on any atom is -0.371 e. The second kappa shape index (κ2) is 4.62. The van der Waals surface area contributed by atoms with Gasteiger partial charge in [-0.2, -0.15) is 0 Å². The largest absolute Gasteiger partial charge is 0.371 e. The molecule has 0 radical (unpaired) electrons. The van der Waals surface area contributed by atoms with Gasteiger partial charge in [0, 0.05) is 31.6 Å². The van der Waals surface area contributed by atoms with Crippen LogP contribution in [0.4, 0.5) is 5.69 Å². The fraction of sp³-hybridized carbons (Fsp3) is 0.357. The van der Waals surface area contributed by atoms with Crippen LogP contribution in [0.1, 0.15) is 13.8 Å². The van der Waals surface area contributed by atoms with Crippen LogP contribution in [0.25, 0.3) is 10.9 Å². The molecule has 1 aromatic heterocycles. The summed E-state index contributed by atoms with van der Waals surface area (Å²) in [5.41, 5.74) is 2.07. The van der Waals surface area contributed by atoms with Crippen molar-refractivity contribution in [3.8, 4) is 0 Å². The van der Waals surface area contributed by atoms with Crippen LogP contribution in [-0.2, 0) is 7.05 Å². The third-order valence-electron chi connectivity index (χ3n) is 3.24. The van der Waals surface area contributed by atoms with E-state index < -0.39 is 0 Å². The predicted octanol–water partition coefficient (Wildman–Crippen LogP) is 2.38. The maximum absolute atomic E-state index is 11.9. The first kappa shape index (κ1) is 11.7. The monoisotopic (exact) mass is 230 g/mol. The van der Waals surface area contributed by atoms with Crippen molar-refractivity contribution in [2.45, 2.75) is 13.8 Å². The van der Waals surface area contributed by atoms with Crippen LogP contribution in [0, 0.1) is 0 Å². The second-order valence-electron chi connectivity index (χ2n) is 4.12. The van der Waals surface area contributed by atoms with Crippen LogP contribution in [0.15, 0.2) is 35.1 Å². The van der Waals surface area contributed by atoms with Crippen molar-refractivity contribution < 1.29 is 0 Å². The van der Waals surface area contributed by atoms with Gasteiger partial charge >= 0.3 is 0 Å². The highest BCUT2D eigenvalue weighted by atomic mass is 16.1. The molecule has 2 rings (SSSR count). The molecule has 0 fully saturated rings. The molecule has 0 aliphatic heterocycles. The van der Waals surface area contributed by atoms with Crippen molar-refractivity contribution in [3.63, 3.8) is 0 Å². The molecule has 0 unspecified atom stereocenters. The first-order valence-corrected chi connectivity index (χ1v) is 6.02. The number of fused-ring (bicyclic) bond motifs is 1. The number of aromatic nitrogens is 1. The van der Waals surface area contributed by atoms with E-state index in [0.29, 0.717) is 0 Å². The lowest BCUT2D eigenvalue weighted by Gasteiger charge is -2.23. The van der Waals surface area contributed by atoms with Gasteiger partial charge in [-0.25, -0.2) is 0 Å². The number of hydrogen-bond donors (Lipinski definition) is 0. The topological polar surface area (TPSA) is 25.2 Å². The Labute approximate surface area is 101 Å². The van der Waals surface area contributed by atoms with Gasteiger partial charge < -0.3 is 9.47 Å². The Bertz CT molecular complexity index is 582. The summed E-state index contributed by atoms with van der Waals surface area (Å²) in [7, 11) is 1.82. The smallest absolute Gasteiger partial charge is 0.252 e. The zero-order valence-electron chi connectivity index (χ0n) is 10.6. The van der Waals surface area contributed by atoms with E-state index >= 15 is 0 Å². The minimum atomic E-state index is 0.0469. The van der Waals surface area contributed by atoms with Crippen LogP contribution in [-0.4, -0.2) is 17.7 Å². The minimum absolute atomic E-state index is 0.0469. The lowest BCUT2D eigenvalue weighted by Crippen LogP contribution is -2.26. The molecular formula is C14H18N2O. The standard InChI is InChI=1S/C14H18N2O/c1-4-16(5-2)13-10-14(17)15(3)12-9-7-6-8-11(12)13/h6-10H,4-5H2,1-3H3. The summed E-state index contributed by atoms with van der Waals surface area (Å²) in [6, 6.07) is 9.77. The maximum atomic E-state index is 11.9. The number of anilines is 1. The molecule has 17 heavy (non-hydrogen) atoms. The fourth-order valence-electron chi connectivity index (χ4n) is 2.22. The van der Waals surface area contributed by atoms with E-state index in [-0.39, 0.29) is 5.56 Å². The van der Waals surface area contributed by atoms with E-state index in [2.05, 4.69) is 24.8 Å². The normalized spacial score (nSPS) is 10.8. The zero-order valence-corrected chi connectivity index (χ0v) is 10.6. The molecule has 0 atom stereocenters. The summed E-state index contributed by atoms with van der Waals surface area (Å²) in [6.45, 7) is 6.03. The molecule has 0 bridgehead atoms. The van der Waals surface area contributed by atoms with Crippen molar-refractivity contribution in [2.75, 3.05) is 18.0 Å². The molecule has 0 saturated heterocycles. The average molecular weight is 230 g/mol. The second-order valence-corrected chi connectivity index (χ2v) is 4.12. The highest BCUT2D eigenvalue weighted by Gasteiger charge is 2.10. The van der Waals surface area contributed by atoms with Crippen molar-refractivity contribution in [2.24, 2.45) is 7.05 Å². The van der Waals surface area contributed by atoms with E-state index in [1.807, 2.05) is 25.2 Å². The molecule has 1 heterocycles. The number of rotatable bonds is 3. The van der Waals surface area contributed by atoms with Gasteiger partial charge in [0.2, 0.25) is 0 Å². The van der Waals surface area contributed by atoms with Crippen LogP contribution in [0.3, 0.4) is 0 Å². The van der Waals surface area contributed by atoms with Crippen molar-refractivity contribution in [1.29, 1.82) is 0 Å². The van der Waals surface area contributed by atoms with E-state index in [4.69, 9.17) is 0 Å². The molecule has 90 valence electrons. The number of para-hydroxylation sites is 1. The highest BCUT2D eigenvalue weighted by Crippen LogP contribution is 2.24. The summed E-state index contributed by atoms with van der Waals surface area (Å²) in [5.74, 6) is 0. The molecule has 1 aromatic carbocycles. The molecule has 2 aromatic rings. The quantitative estimate of drug-likeness (QED) is 0.809. The summed E-state index contributed by atoms with van der Waals surface area (Å²) in [5, 5.41) is 1.14. The average Bonchev–Trinajstić information content (AvgIpc) is 2.37.